The second kappa shape index (κ2) is 7.54. The monoisotopic (exact) mass is 324 g/mol. The van der Waals surface area contributed by atoms with Crippen LogP contribution in [0.15, 0.2) is 30.3 Å². The third kappa shape index (κ3) is 4.07. The third-order valence-electron chi connectivity index (χ3n) is 3.54. The number of benzene rings is 1. The van der Waals surface area contributed by atoms with Crippen LogP contribution in [0.25, 0.3) is 0 Å². The molecule has 0 aliphatic carbocycles. The number of esters is 2. The molecule has 1 aromatic rings. The van der Waals surface area contributed by atoms with Gasteiger partial charge in [0, 0.05) is 14.0 Å². The molecule has 0 radical (unpaired) electrons. The van der Waals surface area contributed by atoms with Crippen LogP contribution < -0.4 is 0 Å². The van der Waals surface area contributed by atoms with Crippen LogP contribution in [-0.4, -0.2) is 54.9 Å². The Labute approximate surface area is 134 Å². The number of carbonyl (C=O) groups excluding carboxylic acids is 2. The highest BCUT2D eigenvalue weighted by Gasteiger charge is 2.47. The molecule has 0 unspecified atom stereocenters. The van der Waals surface area contributed by atoms with Crippen molar-refractivity contribution in [3.8, 4) is 0 Å². The minimum atomic E-state index is -1.26. The highest BCUT2D eigenvalue weighted by molar-refractivity contribution is 5.89. The SMILES string of the molecule is CO[C@@H]1O[C@@H](C)[C@H](OC(=O)c2ccccc2)[C@@H](O)[C@H]1OC(C)=O. The van der Waals surface area contributed by atoms with Gasteiger partial charge in [-0.05, 0) is 19.1 Å². The van der Waals surface area contributed by atoms with E-state index in [1.165, 1.54) is 14.0 Å². The Hall–Kier alpha value is -1.96. The number of rotatable bonds is 4. The molecule has 126 valence electrons. The first kappa shape index (κ1) is 17.4. The number of hydrogen-bond donors (Lipinski definition) is 1. The standard InChI is InChI=1S/C16H20O7/c1-9-13(23-15(19)11-7-5-4-6-8-11)12(18)14(22-10(2)17)16(20-3)21-9/h4-9,12-14,16,18H,1-3H3/t9-,12+,13-,14+,16+/m0/s1. The topological polar surface area (TPSA) is 91.3 Å². The van der Waals surface area contributed by atoms with Crippen molar-refractivity contribution < 1.29 is 33.6 Å². The van der Waals surface area contributed by atoms with E-state index in [1.807, 2.05) is 0 Å². The van der Waals surface area contributed by atoms with Gasteiger partial charge in [-0.25, -0.2) is 4.79 Å². The number of aliphatic hydroxyl groups excluding tert-OH is 1. The van der Waals surface area contributed by atoms with Crippen LogP contribution in [0, 0.1) is 0 Å². The van der Waals surface area contributed by atoms with Crippen LogP contribution >= 0.6 is 0 Å². The summed E-state index contributed by atoms with van der Waals surface area (Å²) in [5.41, 5.74) is 0.352. The maximum atomic E-state index is 12.2. The van der Waals surface area contributed by atoms with Crippen LogP contribution in [0.5, 0.6) is 0 Å². The molecule has 1 aromatic carbocycles. The molecular formula is C16H20O7. The summed E-state index contributed by atoms with van der Waals surface area (Å²) in [6.45, 7) is 2.85. The lowest BCUT2D eigenvalue weighted by Gasteiger charge is -2.41. The molecule has 1 heterocycles. The van der Waals surface area contributed by atoms with Crippen LogP contribution in [0.2, 0.25) is 0 Å². The summed E-state index contributed by atoms with van der Waals surface area (Å²) >= 11 is 0. The lowest BCUT2D eigenvalue weighted by molar-refractivity contribution is -0.289. The van der Waals surface area contributed by atoms with Gasteiger partial charge >= 0.3 is 11.9 Å². The van der Waals surface area contributed by atoms with Crippen molar-refractivity contribution in [3.05, 3.63) is 35.9 Å². The van der Waals surface area contributed by atoms with Crippen LogP contribution in [0.4, 0.5) is 0 Å². The van der Waals surface area contributed by atoms with Crippen LogP contribution in [0.1, 0.15) is 24.2 Å². The van der Waals surface area contributed by atoms with Crippen molar-refractivity contribution in [2.45, 2.75) is 44.6 Å². The predicted octanol–water partition coefficient (Wildman–Crippen LogP) is 0.896. The summed E-state index contributed by atoms with van der Waals surface area (Å²) in [5.74, 6) is -1.19. The summed E-state index contributed by atoms with van der Waals surface area (Å²) in [4.78, 5) is 23.4. The number of ether oxygens (including phenoxy) is 4. The molecule has 1 N–H and O–H groups in total. The molecule has 7 heteroatoms. The molecule has 5 atom stereocenters. The number of carbonyl (C=O) groups is 2. The molecule has 0 saturated carbocycles. The van der Waals surface area contributed by atoms with Crippen molar-refractivity contribution in [2.75, 3.05) is 7.11 Å². The molecule has 1 aliphatic heterocycles. The Balaban J connectivity index is 2.13. The van der Waals surface area contributed by atoms with Crippen LogP contribution in [-0.2, 0) is 23.7 Å². The Kier molecular flexibility index (Phi) is 5.70. The molecule has 1 saturated heterocycles. The first-order valence-electron chi connectivity index (χ1n) is 7.23. The third-order valence-corrected chi connectivity index (χ3v) is 3.54. The van der Waals surface area contributed by atoms with Gasteiger partial charge in [0.15, 0.2) is 18.5 Å². The Morgan fingerprint density at radius 3 is 2.35 bits per heavy atom. The van der Waals surface area contributed by atoms with Gasteiger partial charge in [-0.1, -0.05) is 18.2 Å². The molecule has 0 amide bonds. The first-order chi connectivity index (χ1) is 10.9. The fourth-order valence-electron chi connectivity index (χ4n) is 2.43. The second-order valence-corrected chi connectivity index (χ2v) is 5.25. The van der Waals surface area contributed by atoms with Crippen molar-refractivity contribution in [2.24, 2.45) is 0 Å². The zero-order chi connectivity index (χ0) is 17.0. The van der Waals surface area contributed by atoms with Gasteiger partial charge in [0.1, 0.15) is 6.10 Å². The molecule has 0 spiro atoms. The fourth-order valence-corrected chi connectivity index (χ4v) is 2.43. The largest absolute Gasteiger partial charge is 0.454 e. The molecule has 7 nitrogen and oxygen atoms in total. The molecular weight excluding hydrogens is 304 g/mol. The van der Waals surface area contributed by atoms with Crippen LogP contribution in [0.3, 0.4) is 0 Å². The minimum absolute atomic E-state index is 0.352. The Morgan fingerprint density at radius 1 is 1.13 bits per heavy atom. The predicted molar refractivity (Wildman–Crippen MR) is 78.6 cm³/mol. The molecule has 0 bridgehead atoms. The average Bonchev–Trinajstić information content (AvgIpc) is 2.54. The van der Waals surface area contributed by atoms with E-state index in [2.05, 4.69) is 0 Å². The first-order valence-corrected chi connectivity index (χ1v) is 7.23. The number of methoxy groups -OCH3 is 1. The van der Waals surface area contributed by atoms with Crippen molar-refractivity contribution in [1.29, 1.82) is 0 Å². The molecule has 0 aromatic heterocycles. The quantitative estimate of drug-likeness (QED) is 0.823. The lowest BCUT2D eigenvalue weighted by atomic mass is 9.99. The summed E-state index contributed by atoms with van der Waals surface area (Å²) in [6, 6.07) is 8.39. The second-order valence-electron chi connectivity index (χ2n) is 5.25. The molecule has 2 rings (SSSR count). The van der Waals surface area contributed by atoms with E-state index in [0.717, 1.165) is 0 Å². The highest BCUT2D eigenvalue weighted by atomic mass is 16.7. The van der Waals surface area contributed by atoms with E-state index in [-0.39, 0.29) is 0 Å². The van der Waals surface area contributed by atoms with Crippen molar-refractivity contribution >= 4 is 11.9 Å². The normalized spacial score (nSPS) is 30.5. The van der Waals surface area contributed by atoms with E-state index in [4.69, 9.17) is 18.9 Å². The zero-order valence-electron chi connectivity index (χ0n) is 13.2. The van der Waals surface area contributed by atoms with Gasteiger partial charge in [0.25, 0.3) is 0 Å². The fraction of sp³-hybridized carbons (Fsp3) is 0.500. The van der Waals surface area contributed by atoms with Gasteiger partial charge in [0.2, 0.25) is 0 Å². The zero-order valence-corrected chi connectivity index (χ0v) is 13.2. The van der Waals surface area contributed by atoms with E-state index < -0.39 is 42.6 Å². The maximum Gasteiger partial charge on any atom is 0.338 e. The summed E-state index contributed by atoms with van der Waals surface area (Å²) < 4.78 is 21.0. The minimum Gasteiger partial charge on any atom is -0.454 e. The van der Waals surface area contributed by atoms with Crippen molar-refractivity contribution in [3.63, 3.8) is 0 Å². The van der Waals surface area contributed by atoms with Gasteiger partial charge in [-0.15, -0.1) is 0 Å². The molecule has 1 aliphatic rings. The van der Waals surface area contributed by atoms with Crippen molar-refractivity contribution in [1.82, 2.24) is 0 Å². The van der Waals surface area contributed by atoms with Gasteiger partial charge < -0.3 is 24.1 Å². The Morgan fingerprint density at radius 2 is 1.78 bits per heavy atom. The smallest absolute Gasteiger partial charge is 0.338 e. The maximum absolute atomic E-state index is 12.2. The lowest BCUT2D eigenvalue weighted by Crippen LogP contribution is -2.59. The summed E-state index contributed by atoms with van der Waals surface area (Å²) in [6.07, 6.45) is -4.90. The average molecular weight is 324 g/mol. The van der Waals surface area contributed by atoms with Gasteiger partial charge in [-0.3, -0.25) is 4.79 Å². The summed E-state index contributed by atoms with van der Waals surface area (Å²) in [5, 5.41) is 10.4. The van der Waals surface area contributed by atoms with E-state index in [0.29, 0.717) is 5.56 Å². The van der Waals surface area contributed by atoms with E-state index in [1.54, 1.807) is 37.3 Å². The Bertz CT molecular complexity index is 545. The van der Waals surface area contributed by atoms with E-state index in [9.17, 15) is 14.7 Å². The number of hydrogen-bond acceptors (Lipinski definition) is 7. The summed E-state index contributed by atoms with van der Waals surface area (Å²) in [7, 11) is 1.37. The number of aliphatic hydroxyl groups is 1. The highest BCUT2D eigenvalue weighted by Crippen LogP contribution is 2.27. The van der Waals surface area contributed by atoms with E-state index >= 15 is 0 Å². The molecule has 23 heavy (non-hydrogen) atoms. The van der Waals surface area contributed by atoms with Gasteiger partial charge in [-0.2, -0.15) is 0 Å². The molecule has 1 fully saturated rings. The van der Waals surface area contributed by atoms with Gasteiger partial charge in [0.05, 0.1) is 11.7 Å².